The molecule has 0 fully saturated rings. The van der Waals surface area contributed by atoms with Gasteiger partial charge in [0.05, 0.1) is 13.4 Å². The predicted octanol–water partition coefficient (Wildman–Crippen LogP) is 2.86. The Morgan fingerprint density at radius 1 is 1.09 bits per heavy atom. The monoisotopic (exact) mass is 429 g/mol. The lowest BCUT2D eigenvalue weighted by Gasteiger charge is -2.12. The van der Waals surface area contributed by atoms with Crippen molar-refractivity contribution in [2.75, 3.05) is 27.2 Å². The Hall–Kier alpha value is -1.70. The summed E-state index contributed by atoms with van der Waals surface area (Å²) < 4.78 is 10.7. The van der Waals surface area contributed by atoms with Crippen molar-refractivity contribution < 1.29 is 9.15 Å². The molecule has 0 radical (unpaired) electrons. The van der Waals surface area contributed by atoms with E-state index in [0.717, 1.165) is 43.4 Å². The van der Waals surface area contributed by atoms with Crippen LogP contribution in [0, 0.1) is 0 Å². The Morgan fingerprint density at radius 3 is 2.48 bits per heavy atom. The molecule has 0 saturated heterocycles. The van der Waals surface area contributed by atoms with Crippen LogP contribution < -0.4 is 15.4 Å². The average molecular weight is 429 g/mol. The van der Waals surface area contributed by atoms with Crippen molar-refractivity contribution >= 4 is 29.9 Å². The van der Waals surface area contributed by atoms with E-state index in [9.17, 15) is 0 Å². The van der Waals surface area contributed by atoms with E-state index in [1.807, 2.05) is 30.3 Å². The molecule has 0 unspecified atom stereocenters. The van der Waals surface area contributed by atoms with Gasteiger partial charge >= 0.3 is 0 Å². The first-order chi connectivity index (χ1) is 10.8. The third kappa shape index (κ3) is 6.52. The summed E-state index contributed by atoms with van der Waals surface area (Å²) in [6, 6.07) is 11.9. The third-order valence-electron chi connectivity index (χ3n) is 3.35. The van der Waals surface area contributed by atoms with Gasteiger partial charge in [-0.05, 0) is 30.2 Å². The highest BCUT2D eigenvalue weighted by molar-refractivity contribution is 14.0. The van der Waals surface area contributed by atoms with E-state index in [4.69, 9.17) is 9.15 Å². The van der Waals surface area contributed by atoms with Crippen LogP contribution in [0.2, 0.25) is 0 Å². The Balaban J connectivity index is 0.00000264. The Bertz CT molecular complexity index is 585. The number of methoxy groups -OCH3 is 1. The number of hydrogen-bond acceptors (Lipinski definition) is 3. The first kappa shape index (κ1) is 19.3. The third-order valence-corrected chi connectivity index (χ3v) is 3.35. The number of hydrogen-bond donors (Lipinski definition) is 2. The van der Waals surface area contributed by atoms with Crippen LogP contribution in [0.25, 0.3) is 0 Å². The van der Waals surface area contributed by atoms with Gasteiger partial charge in [-0.2, -0.15) is 0 Å². The summed E-state index contributed by atoms with van der Waals surface area (Å²) in [6.45, 7) is 1.57. The molecular weight excluding hydrogens is 405 g/mol. The molecule has 5 nitrogen and oxygen atoms in total. The molecule has 0 bridgehead atoms. The molecule has 2 aromatic rings. The van der Waals surface area contributed by atoms with Gasteiger partial charge in [-0.15, -0.1) is 24.0 Å². The highest BCUT2D eigenvalue weighted by Crippen LogP contribution is 2.17. The summed E-state index contributed by atoms with van der Waals surface area (Å²) in [5.41, 5.74) is 1.18. The van der Waals surface area contributed by atoms with Crippen molar-refractivity contribution in [3.63, 3.8) is 0 Å². The summed E-state index contributed by atoms with van der Waals surface area (Å²) in [4.78, 5) is 4.21. The van der Waals surface area contributed by atoms with E-state index >= 15 is 0 Å². The van der Waals surface area contributed by atoms with Crippen molar-refractivity contribution in [1.82, 2.24) is 10.6 Å². The van der Waals surface area contributed by atoms with E-state index in [1.54, 1.807) is 20.4 Å². The smallest absolute Gasteiger partial charge is 0.191 e. The summed E-state index contributed by atoms with van der Waals surface area (Å²) in [5, 5.41) is 6.57. The van der Waals surface area contributed by atoms with Crippen molar-refractivity contribution in [2.24, 2.45) is 4.99 Å². The summed E-state index contributed by atoms with van der Waals surface area (Å²) in [5.74, 6) is 2.68. The van der Waals surface area contributed by atoms with Gasteiger partial charge in [0.15, 0.2) is 5.96 Å². The lowest BCUT2D eigenvalue weighted by atomic mass is 10.1. The van der Waals surface area contributed by atoms with E-state index in [2.05, 4.69) is 21.7 Å². The maximum absolute atomic E-state index is 5.35. The minimum Gasteiger partial charge on any atom is -0.496 e. The second kappa shape index (κ2) is 10.9. The zero-order valence-electron chi connectivity index (χ0n) is 13.5. The fourth-order valence-corrected chi connectivity index (χ4v) is 2.20. The van der Waals surface area contributed by atoms with Crippen LogP contribution in [0.5, 0.6) is 5.75 Å². The molecule has 1 heterocycles. The number of nitrogens with one attached hydrogen (secondary N) is 2. The fourth-order valence-electron chi connectivity index (χ4n) is 2.20. The van der Waals surface area contributed by atoms with Crippen LogP contribution in [0.4, 0.5) is 0 Å². The molecule has 1 aromatic heterocycles. The quantitative estimate of drug-likeness (QED) is 0.404. The molecule has 0 aliphatic carbocycles. The number of ether oxygens (including phenoxy) is 1. The molecule has 23 heavy (non-hydrogen) atoms. The van der Waals surface area contributed by atoms with E-state index < -0.39 is 0 Å². The van der Waals surface area contributed by atoms with Crippen LogP contribution in [-0.4, -0.2) is 33.2 Å². The highest BCUT2D eigenvalue weighted by atomic mass is 127. The number of para-hydroxylation sites is 1. The highest BCUT2D eigenvalue weighted by Gasteiger charge is 2.03. The molecule has 0 saturated carbocycles. The molecule has 0 aliphatic rings. The molecular formula is C17H24IN3O2. The second-order valence-corrected chi connectivity index (χ2v) is 4.82. The van der Waals surface area contributed by atoms with Gasteiger partial charge < -0.3 is 19.8 Å². The minimum absolute atomic E-state index is 0. The van der Waals surface area contributed by atoms with E-state index in [-0.39, 0.29) is 24.0 Å². The Labute approximate surface area is 154 Å². The number of nitrogens with zero attached hydrogens (tertiary/aromatic N) is 1. The maximum atomic E-state index is 5.35. The number of guanidine groups is 1. The molecule has 0 aliphatic heterocycles. The van der Waals surface area contributed by atoms with Crippen molar-refractivity contribution in [1.29, 1.82) is 0 Å². The Morgan fingerprint density at radius 2 is 1.83 bits per heavy atom. The van der Waals surface area contributed by atoms with E-state index in [1.165, 1.54) is 5.56 Å². The average Bonchev–Trinajstić information content (AvgIpc) is 3.07. The van der Waals surface area contributed by atoms with Crippen LogP contribution in [0.15, 0.2) is 52.1 Å². The standard InChI is InChI=1S/C17H23N3O2.HI/c1-18-17(20-12-10-15-7-5-13-22-15)19-11-9-14-6-3-4-8-16(14)21-2;/h3-8,13H,9-12H2,1-2H3,(H2,18,19,20);1H. The molecule has 6 heteroatoms. The first-order valence-corrected chi connectivity index (χ1v) is 7.42. The van der Waals surface area contributed by atoms with Gasteiger partial charge in [0.2, 0.25) is 0 Å². The SMILES string of the molecule is CN=C(NCCc1ccco1)NCCc1ccccc1OC.I. The number of aliphatic imine (C=N–C) groups is 1. The molecule has 0 spiro atoms. The fraction of sp³-hybridized carbons (Fsp3) is 0.353. The lowest BCUT2D eigenvalue weighted by Crippen LogP contribution is -2.39. The molecule has 2 rings (SSSR count). The topological polar surface area (TPSA) is 58.8 Å². The van der Waals surface area contributed by atoms with Crippen LogP contribution in [-0.2, 0) is 12.8 Å². The van der Waals surface area contributed by atoms with Crippen LogP contribution >= 0.6 is 24.0 Å². The first-order valence-electron chi connectivity index (χ1n) is 7.42. The molecule has 0 amide bonds. The summed E-state index contributed by atoms with van der Waals surface area (Å²) in [6.07, 6.45) is 3.40. The Kier molecular flexibility index (Phi) is 9.20. The predicted molar refractivity (Wildman–Crippen MR) is 104 cm³/mol. The zero-order chi connectivity index (χ0) is 15.6. The molecule has 0 atom stereocenters. The normalized spacial score (nSPS) is 10.8. The van der Waals surface area contributed by atoms with Gasteiger partial charge in [-0.25, -0.2) is 0 Å². The van der Waals surface area contributed by atoms with Crippen molar-refractivity contribution in [2.45, 2.75) is 12.8 Å². The van der Waals surface area contributed by atoms with Crippen LogP contribution in [0.1, 0.15) is 11.3 Å². The number of benzene rings is 1. The van der Waals surface area contributed by atoms with Crippen LogP contribution in [0.3, 0.4) is 0 Å². The summed E-state index contributed by atoms with van der Waals surface area (Å²) >= 11 is 0. The van der Waals surface area contributed by atoms with Gasteiger partial charge in [-0.3, -0.25) is 4.99 Å². The lowest BCUT2D eigenvalue weighted by molar-refractivity contribution is 0.409. The minimum atomic E-state index is 0. The van der Waals surface area contributed by atoms with Gasteiger partial charge in [-0.1, -0.05) is 18.2 Å². The molecule has 2 N–H and O–H groups in total. The number of furan rings is 1. The molecule has 1 aromatic carbocycles. The van der Waals surface area contributed by atoms with Gasteiger partial charge in [0, 0.05) is 26.6 Å². The van der Waals surface area contributed by atoms with E-state index in [0.29, 0.717) is 0 Å². The number of halogens is 1. The largest absolute Gasteiger partial charge is 0.496 e. The summed E-state index contributed by atoms with van der Waals surface area (Å²) in [7, 11) is 3.46. The van der Waals surface area contributed by atoms with Crippen molar-refractivity contribution in [3.8, 4) is 5.75 Å². The zero-order valence-corrected chi connectivity index (χ0v) is 15.9. The second-order valence-electron chi connectivity index (χ2n) is 4.82. The van der Waals surface area contributed by atoms with Gasteiger partial charge in [0.25, 0.3) is 0 Å². The van der Waals surface area contributed by atoms with Crippen molar-refractivity contribution in [3.05, 3.63) is 54.0 Å². The van der Waals surface area contributed by atoms with Gasteiger partial charge in [0.1, 0.15) is 11.5 Å². The number of rotatable bonds is 7. The maximum Gasteiger partial charge on any atom is 0.191 e. The molecule has 126 valence electrons.